The number of aryl methyl sites for hydroxylation is 2. The van der Waals surface area contributed by atoms with E-state index in [0.29, 0.717) is 29.5 Å². The minimum atomic E-state index is -1.93. The molecule has 1 saturated heterocycles. The predicted molar refractivity (Wildman–Crippen MR) is 169 cm³/mol. The van der Waals surface area contributed by atoms with Gasteiger partial charge in [0.05, 0.1) is 18.9 Å². The minimum absolute atomic E-state index is 0.0766. The summed E-state index contributed by atoms with van der Waals surface area (Å²) in [5.74, 6) is -0.393. The molecular weight excluding hydrogens is 583 g/mol. The summed E-state index contributed by atoms with van der Waals surface area (Å²) in [7, 11) is 0. The number of hydrogen-bond acceptors (Lipinski definition) is 6. The molecule has 3 N–H and O–H groups in total. The molecule has 2 aromatic carbocycles. The number of benzene rings is 2. The van der Waals surface area contributed by atoms with Crippen molar-refractivity contribution < 1.29 is 18.7 Å². The average molecular weight is 617 g/mol. The summed E-state index contributed by atoms with van der Waals surface area (Å²) >= 11 is 6.62. The van der Waals surface area contributed by atoms with Gasteiger partial charge in [0.15, 0.2) is 5.67 Å². The van der Waals surface area contributed by atoms with E-state index in [9.17, 15) is 14.0 Å². The van der Waals surface area contributed by atoms with Crippen LogP contribution in [0.2, 0.25) is 5.02 Å². The molecule has 0 spiro atoms. The molecule has 1 saturated carbocycles. The molecule has 3 heterocycles. The summed E-state index contributed by atoms with van der Waals surface area (Å²) in [6, 6.07) is 15.8. The Kier molecular flexibility index (Phi) is 8.38. The van der Waals surface area contributed by atoms with Gasteiger partial charge in [0.25, 0.3) is 5.91 Å². The molecular formula is C33H34ClFN6O3. The molecule has 2 aliphatic rings. The fourth-order valence-electron chi connectivity index (χ4n) is 5.45. The molecule has 1 atom stereocenters. The summed E-state index contributed by atoms with van der Waals surface area (Å²) < 4.78 is 20.2. The number of aromatic amines is 1. The number of pyridine rings is 1. The number of hydrogen-bond donors (Lipinski definition) is 3. The van der Waals surface area contributed by atoms with Gasteiger partial charge in [0, 0.05) is 47.7 Å². The Morgan fingerprint density at radius 2 is 1.75 bits per heavy atom. The maximum absolute atomic E-state index is 14.7. The Labute approximate surface area is 260 Å². The largest absolute Gasteiger partial charge is 0.378 e. The Bertz CT molecular complexity index is 1660. The van der Waals surface area contributed by atoms with Crippen molar-refractivity contribution in [3.8, 4) is 22.3 Å². The molecule has 2 fully saturated rings. The highest BCUT2D eigenvalue weighted by Gasteiger charge is 2.51. The standard InChI is InChI=1S/C33H34ClFN6O3/c1-20-30(21(2)40-39-20)22-3-6-26(7-4-22)37-31(42)28(38-32(43)33(35)10-11-33)18-25-17-23(5-8-27(25)34)24-9-12-36-29(19-24)41-13-15-44-16-14-41/h3-9,12,17,19,28H,10-11,13-16,18H2,1-2H3,(H,37,42)(H,38,43)(H,39,40)/t28-/m0/s1. The highest BCUT2D eigenvalue weighted by Crippen LogP contribution is 2.40. The van der Waals surface area contributed by atoms with E-state index < -0.39 is 23.5 Å². The molecule has 228 valence electrons. The topological polar surface area (TPSA) is 112 Å². The normalized spacial score (nSPS) is 16.3. The van der Waals surface area contributed by atoms with Crippen LogP contribution in [0.5, 0.6) is 0 Å². The first-order valence-electron chi connectivity index (χ1n) is 14.7. The van der Waals surface area contributed by atoms with Crippen LogP contribution >= 0.6 is 11.6 Å². The van der Waals surface area contributed by atoms with Crippen LogP contribution in [0.3, 0.4) is 0 Å². The van der Waals surface area contributed by atoms with Gasteiger partial charge in [-0.1, -0.05) is 29.8 Å². The van der Waals surface area contributed by atoms with Crippen LogP contribution in [0.15, 0.2) is 60.8 Å². The molecule has 9 nitrogen and oxygen atoms in total. The van der Waals surface area contributed by atoms with Crippen LogP contribution in [0.25, 0.3) is 22.3 Å². The van der Waals surface area contributed by atoms with Gasteiger partial charge in [-0.15, -0.1) is 0 Å². The molecule has 1 aliphatic heterocycles. The number of aromatic nitrogens is 3. The Hall–Kier alpha value is -4.28. The van der Waals surface area contributed by atoms with Crippen molar-refractivity contribution in [3.63, 3.8) is 0 Å². The second-order valence-electron chi connectivity index (χ2n) is 11.4. The van der Waals surface area contributed by atoms with Crippen LogP contribution < -0.4 is 15.5 Å². The van der Waals surface area contributed by atoms with Crippen LogP contribution in [0.1, 0.15) is 29.8 Å². The van der Waals surface area contributed by atoms with Crippen molar-refractivity contribution in [3.05, 3.63) is 82.8 Å². The number of rotatable bonds is 9. The lowest BCUT2D eigenvalue weighted by Gasteiger charge is -2.28. The summed E-state index contributed by atoms with van der Waals surface area (Å²) in [5.41, 5.74) is 4.89. The van der Waals surface area contributed by atoms with Crippen LogP contribution in [0.4, 0.5) is 15.9 Å². The number of alkyl halides is 1. The van der Waals surface area contributed by atoms with Crippen molar-refractivity contribution in [2.24, 2.45) is 0 Å². The molecule has 1 aliphatic carbocycles. The van der Waals surface area contributed by atoms with E-state index >= 15 is 0 Å². The first-order chi connectivity index (χ1) is 21.2. The fourth-order valence-corrected chi connectivity index (χ4v) is 5.65. The summed E-state index contributed by atoms with van der Waals surface area (Å²) in [6.07, 6.45) is 2.13. The monoisotopic (exact) mass is 616 g/mol. The van der Waals surface area contributed by atoms with Gasteiger partial charge in [-0.05, 0) is 85.3 Å². The molecule has 4 aromatic rings. The van der Waals surface area contributed by atoms with Crippen molar-refractivity contribution in [1.82, 2.24) is 20.5 Å². The second-order valence-corrected chi connectivity index (χ2v) is 11.8. The van der Waals surface area contributed by atoms with Gasteiger partial charge >= 0.3 is 0 Å². The maximum atomic E-state index is 14.7. The van der Waals surface area contributed by atoms with Crippen LogP contribution in [0, 0.1) is 13.8 Å². The van der Waals surface area contributed by atoms with E-state index in [1.54, 1.807) is 24.4 Å². The van der Waals surface area contributed by atoms with Crippen molar-refractivity contribution >= 4 is 34.9 Å². The van der Waals surface area contributed by atoms with E-state index in [1.165, 1.54) is 0 Å². The molecule has 6 rings (SSSR count). The van der Waals surface area contributed by atoms with Gasteiger partial charge in [-0.3, -0.25) is 14.7 Å². The van der Waals surface area contributed by atoms with Crippen LogP contribution in [-0.2, 0) is 20.7 Å². The van der Waals surface area contributed by atoms with Gasteiger partial charge in [-0.2, -0.15) is 5.10 Å². The zero-order valence-corrected chi connectivity index (χ0v) is 25.4. The number of carbonyl (C=O) groups is 2. The molecule has 0 bridgehead atoms. The zero-order chi connectivity index (χ0) is 30.8. The molecule has 0 unspecified atom stereocenters. The first kappa shape index (κ1) is 29.8. The second kappa shape index (κ2) is 12.4. The molecule has 0 radical (unpaired) electrons. The third kappa shape index (κ3) is 6.46. The number of nitrogens with one attached hydrogen (secondary N) is 3. The van der Waals surface area contributed by atoms with E-state index in [4.69, 9.17) is 16.3 Å². The number of amides is 2. The quantitative estimate of drug-likeness (QED) is 0.232. The smallest absolute Gasteiger partial charge is 0.258 e. The van der Waals surface area contributed by atoms with Crippen LogP contribution in [-0.4, -0.2) is 65.0 Å². The first-order valence-corrected chi connectivity index (χ1v) is 15.1. The Morgan fingerprint density at radius 3 is 2.43 bits per heavy atom. The number of anilines is 2. The van der Waals surface area contributed by atoms with E-state index in [-0.39, 0.29) is 19.3 Å². The fraction of sp³-hybridized carbons (Fsp3) is 0.333. The number of halogens is 2. The highest BCUT2D eigenvalue weighted by molar-refractivity contribution is 6.31. The molecule has 44 heavy (non-hydrogen) atoms. The minimum Gasteiger partial charge on any atom is -0.378 e. The Morgan fingerprint density at radius 1 is 1.05 bits per heavy atom. The SMILES string of the molecule is Cc1n[nH]c(C)c1-c1ccc(NC(=O)[C@H](Cc2cc(-c3ccnc(N4CCOCC4)c3)ccc2Cl)NC(=O)C2(F)CC2)cc1. The summed E-state index contributed by atoms with van der Waals surface area (Å²) in [4.78, 5) is 33.0. The number of carbonyl (C=O) groups excluding carboxylic acids is 2. The zero-order valence-electron chi connectivity index (χ0n) is 24.6. The molecule has 2 amide bonds. The number of H-pyrrole nitrogens is 1. The average Bonchev–Trinajstić information content (AvgIpc) is 3.71. The number of ether oxygens (including phenoxy) is 1. The predicted octanol–water partition coefficient (Wildman–Crippen LogP) is 5.41. The van der Waals surface area contributed by atoms with E-state index in [0.717, 1.165) is 52.5 Å². The summed E-state index contributed by atoms with van der Waals surface area (Å²) in [6.45, 7) is 6.71. The van der Waals surface area contributed by atoms with Gasteiger partial charge in [0.1, 0.15) is 11.9 Å². The third-order valence-corrected chi connectivity index (χ3v) is 8.54. The highest BCUT2D eigenvalue weighted by atomic mass is 35.5. The Balaban J connectivity index is 1.23. The number of nitrogens with zero attached hydrogens (tertiary/aromatic N) is 3. The van der Waals surface area contributed by atoms with E-state index in [2.05, 4.69) is 30.7 Å². The van der Waals surface area contributed by atoms with E-state index in [1.807, 2.05) is 50.2 Å². The number of morpholine rings is 1. The van der Waals surface area contributed by atoms with Crippen molar-refractivity contribution in [1.29, 1.82) is 0 Å². The lowest BCUT2D eigenvalue weighted by atomic mass is 9.98. The lowest BCUT2D eigenvalue weighted by Crippen LogP contribution is -2.48. The third-order valence-electron chi connectivity index (χ3n) is 8.17. The van der Waals surface area contributed by atoms with Gasteiger partial charge < -0.3 is 20.3 Å². The van der Waals surface area contributed by atoms with Crippen molar-refractivity contribution in [2.45, 2.75) is 44.8 Å². The maximum Gasteiger partial charge on any atom is 0.258 e. The lowest BCUT2D eigenvalue weighted by molar-refractivity contribution is -0.131. The molecule has 11 heteroatoms. The van der Waals surface area contributed by atoms with Crippen molar-refractivity contribution in [2.75, 3.05) is 36.5 Å². The summed E-state index contributed by atoms with van der Waals surface area (Å²) in [5, 5.41) is 13.2. The van der Waals surface area contributed by atoms with Gasteiger partial charge in [0.2, 0.25) is 5.91 Å². The molecule has 2 aromatic heterocycles. The van der Waals surface area contributed by atoms with Gasteiger partial charge in [-0.25, -0.2) is 9.37 Å².